The van der Waals surface area contributed by atoms with Gasteiger partial charge in [0.25, 0.3) is 0 Å². The van der Waals surface area contributed by atoms with Crippen LogP contribution in [0.5, 0.6) is 0 Å². The van der Waals surface area contributed by atoms with Crippen molar-refractivity contribution in [3.05, 3.63) is 0 Å². The van der Waals surface area contributed by atoms with Crippen LogP contribution in [-0.2, 0) is 9.59 Å². The molecule has 0 aromatic carbocycles. The molecule has 0 aromatic rings. The van der Waals surface area contributed by atoms with E-state index in [1.54, 1.807) is 0 Å². The Labute approximate surface area is 115 Å². The van der Waals surface area contributed by atoms with E-state index in [1.807, 2.05) is 4.90 Å². The molecule has 1 amide bonds. The summed E-state index contributed by atoms with van der Waals surface area (Å²) in [4.78, 5) is 25.9. The molecule has 1 saturated carbocycles. The summed E-state index contributed by atoms with van der Waals surface area (Å²) in [5, 5.41) is 9.63. The van der Waals surface area contributed by atoms with Crippen LogP contribution in [0.4, 0.5) is 0 Å². The fourth-order valence-corrected chi connectivity index (χ4v) is 3.42. The molecule has 0 radical (unpaired) electrons. The standard InChI is InChI=1S/C15H25NO3/c17-13(16-10-6-7-11-16)12-15(14(18)19)8-4-2-1-3-5-9-15/h1-12H2,(H,18,19). The van der Waals surface area contributed by atoms with Gasteiger partial charge in [0, 0.05) is 19.5 Å². The molecule has 0 bridgehead atoms. The van der Waals surface area contributed by atoms with Crippen LogP contribution in [0.2, 0.25) is 0 Å². The lowest BCUT2D eigenvalue weighted by molar-refractivity contribution is -0.155. The Hall–Kier alpha value is -1.06. The fourth-order valence-electron chi connectivity index (χ4n) is 3.42. The van der Waals surface area contributed by atoms with E-state index in [-0.39, 0.29) is 12.3 Å². The molecule has 1 aliphatic heterocycles. The zero-order valence-corrected chi connectivity index (χ0v) is 11.7. The van der Waals surface area contributed by atoms with Crippen LogP contribution in [-0.4, -0.2) is 35.0 Å². The zero-order chi connectivity index (χ0) is 13.7. The maximum absolute atomic E-state index is 12.3. The summed E-state index contributed by atoms with van der Waals surface area (Å²) < 4.78 is 0. The van der Waals surface area contributed by atoms with Crippen molar-refractivity contribution in [3.8, 4) is 0 Å². The summed E-state index contributed by atoms with van der Waals surface area (Å²) in [6.07, 6.45) is 8.97. The Morgan fingerprint density at radius 2 is 1.42 bits per heavy atom. The summed E-state index contributed by atoms with van der Waals surface area (Å²) in [6, 6.07) is 0. The average molecular weight is 267 g/mol. The van der Waals surface area contributed by atoms with Crippen molar-refractivity contribution in [2.75, 3.05) is 13.1 Å². The maximum atomic E-state index is 12.3. The van der Waals surface area contributed by atoms with Crippen LogP contribution in [0.15, 0.2) is 0 Å². The van der Waals surface area contributed by atoms with Gasteiger partial charge in [-0.15, -0.1) is 0 Å². The quantitative estimate of drug-likeness (QED) is 0.855. The molecule has 108 valence electrons. The monoisotopic (exact) mass is 267 g/mol. The number of carboxylic acids is 1. The second kappa shape index (κ2) is 6.40. The number of amides is 1. The van der Waals surface area contributed by atoms with E-state index in [2.05, 4.69) is 0 Å². The highest BCUT2D eigenvalue weighted by molar-refractivity contribution is 5.85. The summed E-state index contributed by atoms with van der Waals surface area (Å²) in [5.74, 6) is -0.706. The minimum absolute atomic E-state index is 0.0560. The predicted octanol–water partition coefficient (Wildman–Crippen LogP) is 2.81. The molecule has 4 nitrogen and oxygen atoms in total. The Balaban J connectivity index is 2.04. The van der Waals surface area contributed by atoms with Crippen molar-refractivity contribution < 1.29 is 14.7 Å². The van der Waals surface area contributed by atoms with E-state index in [4.69, 9.17) is 0 Å². The second-order valence-corrected chi connectivity index (χ2v) is 6.12. The Morgan fingerprint density at radius 1 is 0.895 bits per heavy atom. The molecule has 1 heterocycles. The van der Waals surface area contributed by atoms with Gasteiger partial charge in [-0.1, -0.05) is 32.1 Å². The number of carbonyl (C=O) groups is 2. The van der Waals surface area contributed by atoms with Gasteiger partial charge in [-0.3, -0.25) is 9.59 Å². The van der Waals surface area contributed by atoms with Crippen LogP contribution in [0.25, 0.3) is 0 Å². The van der Waals surface area contributed by atoms with E-state index in [1.165, 1.54) is 6.42 Å². The van der Waals surface area contributed by atoms with E-state index in [0.29, 0.717) is 12.8 Å². The smallest absolute Gasteiger partial charge is 0.310 e. The highest BCUT2D eigenvalue weighted by Crippen LogP contribution is 2.38. The first-order valence-electron chi connectivity index (χ1n) is 7.65. The number of carbonyl (C=O) groups excluding carboxylic acids is 1. The Morgan fingerprint density at radius 3 is 1.95 bits per heavy atom. The van der Waals surface area contributed by atoms with Gasteiger partial charge in [0.1, 0.15) is 0 Å². The molecule has 2 fully saturated rings. The number of hydrogen-bond acceptors (Lipinski definition) is 2. The summed E-state index contributed by atoms with van der Waals surface area (Å²) in [6.45, 7) is 1.63. The molecule has 19 heavy (non-hydrogen) atoms. The van der Waals surface area contributed by atoms with E-state index in [9.17, 15) is 14.7 Å². The molecule has 0 spiro atoms. The molecule has 4 heteroatoms. The molecule has 0 unspecified atom stereocenters. The first kappa shape index (κ1) is 14.4. The van der Waals surface area contributed by atoms with Crippen molar-refractivity contribution in [2.24, 2.45) is 5.41 Å². The first-order valence-corrected chi connectivity index (χ1v) is 7.65. The van der Waals surface area contributed by atoms with Crippen LogP contribution in [0.3, 0.4) is 0 Å². The van der Waals surface area contributed by atoms with Gasteiger partial charge >= 0.3 is 5.97 Å². The largest absolute Gasteiger partial charge is 0.481 e. The molecule has 0 atom stereocenters. The van der Waals surface area contributed by atoms with E-state index < -0.39 is 11.4 Å². The van der Waals surface area contributed by atoms with Gasteiger partial charge < -0.3 is 10.0 Å². The van der Waals surface area contributed by atoms with Gasteiger partial charge in [-0.05, 0) is 25.7 Å². The topological polar surface area (TPSA) is 57.6 Å². The van der Waals surface area contributed by atoms with Crippen molar-refractivity contribution in [2.45, 2.75) is 64.2 Å². The van der Waals surface area contributed by atoms with Gasteiger partial charge in [-0.25, -0.2) is 0 Å². The van der Waals surface area contributed by atoms with Crippen LogP contribution in [0, 0.1) is 5.41 Å². The first-order chi connectivity index (χ1) is 9.14. The van der Waals surface area contributed by atoms with Gasteiger partial charge in [0.15, 0.2) is 0 Å². The molecule has 2 aliphatic rings. The summed E-state index contributed by atoms with van der Waals surface area (Å²) in [7, 11) is 0. The molecular weight excluding hydrogens is 242 g/mol. The number of aliphatic carboxylic acids is 1. The lowest BCUT2D eigenvalue weighted by Crippen LogP contribution is -2.39. The molecular formula is C15H25NO3. The lowest BCUT2D eigenvalue weighted by Gasteiger charge is -2.32. The number of rotatable bonds is 3. The minimum atomic E-state index is -0.792. The third-order valence-corrected chi connectivity index (χ3v) is 4.71. The second-order valence-electron chi connectivity index (χ2n) is 6.12. The van der Waals surface area contributed by atoms with Crippen molar-refractivity contribution in [3.63, 3.8) is 0 Å². The fraction of sp³-hybridized carbons (Fsp3) is 0.867. The summed E-state index contributed by atoms with van der Waals surface area (Å²) >= 11 is 0. The molecule has 1 N–H and O–H groups in total. The minimum Gasteiger partial charge on any atom is -0.481 e. The molecule has 1 saturated heterocycles. The van der Waals surface area contributed by atoms with Crippen molar-refractivity contribution in [1.82, 2.24) is 4.90 Å². The lowest BCUT2D eigenvalue weighted by atomic mass is 9.73. The van der Waals surface area contributed by atoms with Crippen LogP contribution in [0.1, 0.15) is 64.2 Å². The van der Waals surface area contributed by atoms with Crippen molar-refractivity contribution >= 4 is 11.9 Å². The number of hydrogen-bond donors (Lipinski definition) is 1. The third-order valence-electron chi connectivity index (χ3n) is 4.71. The van der Waals surface area contributed by atoms with Gasteiger partial charge in [0.05, 0.1) is 5.41 Å². The predicted molar refractivity (Wildman–Crippen MR) is 72.8 cm³/mol. The number of nitrogens with zero attached hydrogens (tertiary/aromatic N) is 1. The Bertz CT molecular complexity index is 326. The van der Waals surface area contributed by atoms with E-state index >= 15 is 0 Å². The number of carboxylic acid groups (broad SMARTS) is 1. The molecule has 1 aliphatic carbocycles. The third kappa shape index (κ3) is 3.48. The summed E-state index contributed by atoms with van der Waals surface area (Å²) in [5.41, 5.74) is -0.792. The van der Waals surface area contributed by atoms with Gasteiger partial charge in [-0.2, -0.15) is 0 Å². The average Bonchev–Trinajstić information content (AvgIpc) is 2.86. The molecule has 2 rings (SSSR count). The molecule has 0 aromatic heterocycles. The van der Waals surface area contributed by atoms with Crippen LogP contribution >= 0.6 is 0 Å². The van der Waals surface area contributed by atoms with Crippen molar-refractivity contribution in [1.29, 1.82) is 0 Å². The number of likely N-dealkylation sites (tertiary alicyclic amines) is 1. The maximum Gasteiger partial charge on any atom is 0.310 e. The van der Waals surface area contributed by atoms with Gasteiger partial charge in [0.2, 0.25) is 5.91 Å². The zero-order valence-electron chi connectivity index (χ0n) is 11.7. The normalized spacial score (nSPS) is 23.7. The highest BCUT2D eigenvalue weighted by Gasteiger charge is 2.41. The SMILES string of the molecule is O=C(CC1(C(=O)O)CCCCCCC1)N1CCCC1. The van der Waals surface area contributed by atoms with Crippen LogP contribution < -0.4 is 0 Å². The van der Waals surface area contributed by atoms with E-state index in [0.717, 1.165) is 51.6 Å². The highest BCUT2D eigenvalue weighted by atomic mass is 16.4. The Kier molecular flexibility index (Phi) is 4.83.